The summed E-state index contributed by atoms with van der Waals surface area (Å²) in [6.45, 7) is 6.62. The molecule has 0 heterocycles. The van der Waals surface area contributed by atoms with Crippen molar-refractivity contribution < 1.29 is 0 Å². The molecule has 0 aromatic carbocycles. The summed E-state index contributed by atoms with van der Waals surface area (Å²) in [7, 11) is 0. The van der Waals surface area contributed by atoms with Crippen molar-refractivity contribution in [3.63, 3.8) is 0 Å². The molecule has 0 aromatic heterocycles. The van der Waals surface area contributed by atoms with E-state index < -0.39 is 0 Å². The molecule has 1 saturated carbocycles. The minimum absolute atomic E-state index is 0.619. The Morgan fingerprint density at radius 1 is 1.08 bits per heavy atom. The van der Waals surface area contributed by atoms with E-state index in [0.717, 1.165) is 19.1 Å². The quantitative estimate of drug-likeness (QED) is 0.638. The molecule has 2 nitrogen and oxygen atoms in total. The van der Waals surface area contributed by atoms with Gasteiger partial charge in [-0.3, -0.25) is 0 Å². The fourth-order valence-corrected chi connectivity index (χ4v) is 1.94. The molecule has 2 heteroatoms. The minimum atomic E-state index is 0.619. The van der Waals surface area contributed by atoms with E-state index >= 15 is 0 Å². The third-order valence-electron chi connectivity index (χ3n) is 2.72. The van der Waals surface area contributed by atoms with E-state index in [1.807, 2.05) is 0 Å². The van der Waals surface area contributed by atoms with Crippen LogP contribution in [0.3, 0.4) is 0 Å². The first-order chi connectivity index (χ1) is 6.29. The lowest BCUT2D eigenvalue weighted by Crippen LogP contribution is -2.37. The Labute approximate surface area is 82.5 Å². The predicted molar refractivity (Wildman–Crippen MR) is 58.0 cm³/mol. The van der Waals surface area contributed by atoms with E-state index in [9.17, 15) is 0 Å². The van der Waals surface area contributed by atoms with Crippen molar-refractivity contribution in [3.8, 4) is 0 Å². The lowest BCUT2D eigenvalue weighted by Gasteiger charge is -2.23. The van der Waals surface area contributed by atoms with Crippen LogP contribution in [0, 0.1) is 0 Å². The van der Waals surface area contributed by atoms with Crippen LogP contribution in [0.25, 0.3) is 0 Å². The molecule has 1 aliphatic rings. The average molecular weight is 184 g/mol. The second-order valence-electron chi connectivity index (χ2n) is 4.40. The van der Waals surface area contributed by atoms with Crippen molar-refractivity contribution in [1.82, 2.24) is 10.6 Å². The molecule has 0 atom stereocenters. The lowest BCUT2D eigenvalue weighted by molar-refractivity contribution is 0.370. The van der Waals surface area contributed by atoms with E-state index in [4.69, 9.17) is 0 Å². The zero-order valence-corrected chi connectivity index (χ0v) is 9.10. The Morgan fingerprint density at radius 3 is 2.38 bits per heavy atom. The van der Waals surface area contributed by atoms with Gasteiger partial charge in [-0.05, 0) is 12.8 Å². The summed E-state index contributed by atoms with van der Waals surface area (Å²) in [5.41, 5.74) is 0. The van der Waals surface area contributed by atoms with Crippen molar-refractivity contribution in [1.29, 1.82) is 0 Å². The second kappa shape index (κ2) is 6.39. The van der Waals surface area contributed by atoms with Crippen LogP contribution in [0.2, 0.25) is 0 Å². The molecule has 0 amide bonds. The van der Waals surface area contributed by atoms with Crippen molar-refractivity contribution in [2.24, 2.45) is 0 Å². The summed E-state index contributed by atoms with van der Waals surface area (Å²) in [5, 5.41) is 7.04. The van der Waals surface area contributed by atoms with E-state index in [0.29, 0.717) is 6.04 Å². The zero-order valence-electron chi connectivity index (χ0n) is 9.10. The summed E-state index contributed by atoms with van der Waals surface area (Å²) >= 11 is 0. The third kappa shape index (κ3) is 5.27. The highest BCUT2D eigenvalue weighted by atomic mass is 15.0. The molecule has 0 aliphatic heterocycles. The zero-order chi connectivity index (χ0) is 9.52. The molecule has 78 valence electrons. The fraction of sp³-hybridized carbons (Fsp3) is 1.00. The van der Waals surface area contributed by atoms with Crippen LogP contribution in [0.15, 0.2) is 0 Å². The third-order valence-corrected chi connectivity index (χ3v) is 2.72. The van der Waals surface area contributed by atoms with Crippen LogP contribution < -0.4 is 10.6 Å². The van der Waals surface area contributed by atoms with E-state index in [2.05, 4.69) is 24.5 Å². The molecule has 0 radical (unpaired) electrons. The molecule has 0 aromatic rings. The number of nitrogens with one attached hydrogen (secondary N) is 2. The maximum Gasteiger partial charge on any atom is 0.00794 e. The smallest absolute Gasteiger partial charge is 0.00794 e. The minimum Gasteiger partial charge on any atom is -0.313 e. The maximum atomic E-state index is 3.61. The van der Waals surface area contributed by atoms with Crippen LogP contribution in [0.1, 0.15) is 46.0 Å². The molecule has 0 saturated heterocycles. The molecule has 1 fully saturated rings. The Balaban J connectivity index is 1.92. The molecule has 0 unspecified atom stereocenters. The summed E-state index contributed by atoms with van der Waals surface area (Å²) in [6, 6.07) is 1.43. The van der Waals surface area contributed by atoms with Gasteiger partial charge in [0.25, 0.3) is 0 Å². The topological polar surface area (TPSA) is 24.1 Å². The van der Waals surface area contributed by atoms with Gasteiger partial charge in [0, 0.05) is 25.2 Å². The van der Waals surface area contributed by atoms with Gasteiger partial charge in [0.2, 0.25) is 0 Å². The fourth-order valence-electron chi connectivity index (χ4n) is 1.94. The maximum absolute atomic E-state index is 3.61. The highest BCUT2D eigenvalue weighted by Gasteiger charge is 2.11. The van der Waals surface area contributed by atoms with Gasteiger partial charge in [0.1, 0.15) is 0 Å². The lowest BCUT2D eigenvalue weighted by atomic mass is 9.95. The van der Waals surface area contributed by atoms with Gasteiger partial charge in [0.15, 0.2) is 0 Å². The summed E-state index contributed by atoms with van der Waals surface area (Å²) in [5.74, 6) is 0. The molecule has 0 bridgehead atoms. The molecule has 1 aliphatic carbocycles. The van der Waals surface area contributed by atoms with Gasteiger partial charge in [-0.2, -0.15) is 0 Å². The molecular formula is C11H24N2. The predicted octanol–water partition coefficient (Wildman–Crippen LogP) is 1.91. The Morgan fingerprint density at radius 2 is 1.77 bits per heavy atom. The van der Waals surface area contributed by atoms with Crippen LogP contribution in [-0.4, -0.2) is 25.2 Å². The SMILES string of the molecule is CC(C)NCCNC1CCCCC1. The molecule has 13 heavy (non-hydrogen) atoms. The van der Waals surface area contributed by atoms with Gasteiger partial charge in [-0.15, -0.1) is 0 Å². The first-order valence-corrected chi connectivity index (χ1v) is 5.76. The number of rotatable bonds is 5. The summed E-state index contributed by atoms with van der Waals surface area (Å²) < 4.78 is 0. The number of hydrogen-bond donors (Lipinski definition) is 2. The first-order valence-electron chi connectivity index (χ1n) is 5.76. The molecule has 2 N–H and O–H groups in total. The van der Waals surface area contributed by atoms with Crippen molar-refractivity contribution in [3.05, 3.63) is 0 Å². The highest BCUT2D eigenvalue weighted by Crippen LogP contribution is 2.16. The summed E-state index contributed by atoms with van der Waals surface area (Å²) in [4.78, 5) is 0. The normalized spacial score (nSPS) is 19.6. The van der Waals surface area contributed by atoms with Gasteiger partial charge >= 0.3 is 0 Å². The molecule has 0 spiro atoms. The Kier molecular flexibility index (Phi) is 5.40. The van der Waals surface area contributed by atoms with Crippen molar-refractivity contribution in [2.45, 2.75) is 58.0 Å². The number of hydrogen-bond acceptors (Lipinski definition) is 2. The average Bonchev–Trinajstić information content (AvgIpc) is 2.14. The van der Waals surface area contributed by atoms with Crippen molar-refractivity contribution in [2.75, 3.05) is 13.1 Å². The van der Waals surface area contributed by atoms with Crippen LogP contribution in [0.5, 0.6) is 0 Å². The first kappa shape index (κ1) is 11.0. The van der Waals surface area contributed by atoms with E-state index in [1.165, 1.54) is 32.1 Å². The standard InChI is InChI=1S/C11H24N2/c1-10(2)12-8-9-13-11-6-4-3-5-7-11/h10-13H,3-9H2,1-2H3. The van der Waals surface area contributed by atoms with Gasteiger partial charge in [-0.1, -0.05) is 33.1 Å². The second-order valence-corrected chi connectivity index (χ2v) is 4.40. The van der Waals surface area contributed by atoms with Gasteiger partial charge in [0.05, 0.1) is 0 Å². The van der Waals surface area contributed by atoms with Crippen LogP contribution in [-0.2, 0) is 0 Å². The monoisotopic (exact) mass is 184 g/mol. The Bertz CT molecular complexity index is 117. The van der Waals surface area contributed by atoms with E-state index in [-0.39, 0.29) is 0 Å². The Hall–Kier alpha value is -0.0800. The van der Waals surface area contributed by atoms with Gasteiger partial charge in [-0.25, -0.2) is 0 Å². The van der Waals surface area contributed by atoms with Crippen molar-refractivity contribution >= 4 is 0 Å². The van der Waals surface area contributed by atoms with Crippen LogP contribution >= 0.6 is 0 Å². The summed E-state index contributed by atoms with van der Waals surface area (Å²) in [6.07, 6.45) is 7.08. The van der Waals surface area contributed by atoms with E-state index in [1.54, 1.807) is 0 Å². The van der Waals surface area contributed by atoms with Gasteiger partial charge < -0.3 is 10.6 Å². The molecule has 1 rings (SSSR count). The largest absolute Gasteiger partial charge is 0.313 e. The highest BCUT2D eigenvalue weighted by molar-refractivity contribution is 4.72. The van der Waals surface area contributed by atoms with Crippen LogP contribution in [0.4, 0.5) is 0 Å². The molecular weight excluding hydrogens is 160 g/mol.